The minimum atomic E-state index is -0.200. The number of fused-ring (bicyclic) bond motifs is 3. The van der Waals surface area contributed by atoms with Crippen molar-refractivity contribution in [1.29, 1.82) is 0 Å². The molecule has 0 radical (unpaired) electrons. The predicted molar refractivity (Wildman–Crippen MR) is 84.2 cm³/mol. The molecule has 0 fully saturated rings. The van der Waals surface area contributed by atoms with Gasteiger partial charge in [-0.15, -0.1) is 0 Å². The maximum absolute atomic E-state index is 13.2. The fourth-order valence-corrected chi connectivity index (χ4v) is 3.82. The molecule has 1 heterocycles. The number of benzene rings is 2. The fraction of sp³-hybridized carbons (Fsp3) is 0.222. The molecule has 106 valence electrons. The van der Waals surface area contributed by atoms with Crippen LogP contribution in [0.15, 0.2) is 54.6 Å². The second kappa shape index (κ2) is 4.88. The zero-order chi connectivity index (χ0) is 14.4. The lowest BCUT2D eigenvalue weighted by atomic mass is 9.77. The quantitative estimate of drug-likeness (QED) is 0.704. The molecular formula is C18H15ClFN. The number of anilines is 1. The summed E-state index contributed by atoms with van der Waals surface area (Å²) in [5, 5.41) is 4.33. The Bertz CT molecular complexity index is 708. The Morgan fingerprint density at radius 3 is 2.71 bits per heavy atom. The topological polar surface area (TPSA) is 12.0 Å². The Morgan fingerprint density at radius 1 is 1.10 bits per heavy atom. The molecular weight excluding hydrogens is 285 g/mol. The van der Waals surface area contributed by atoms with E-state index in [2.05, 4.69) is 23.5 Å². The van der Waals surface area contributed by atoms with E-state index >= 15 is 0 Å². The lowest BCUT2D eigenvalue weighted by Gasteiger charge is -2.38. The molecule has 0 saturated carbocycles. The number of para-hydroxylation sites is 1. The van der Waals surface area contributed by atoms with Gasteiger partial charge < -0.3 is 5.32 Å². The first-order valence-corrected chi connectivity index (χ1v) is 7.59. The van der Waals surface area contributed by atoms with E-state index in [1.165, 1.54) is 17.7 Å². The largest absolute Gasteiger partial charge is 0.376 e. The summed E-state index contributed by atoms with van der Waals surface area (Å²) in [6.07, 6.45) is 5.55. The summed E-state index contributed by atoms with van der Waals surface area (Å²) in [5.41, 5.74) is 3.39. The summed E-state index contributed by atoms with van der Waals surface area (Å²) in [6, 6.07) is 13.0. The van der Waals surface area contributed by atoms with Crippen molar-refractivity contribution in [2.24, 2.45) is 5.92 Å². The van der Waals surface area contributed by atoms with Crippen molar-refractivity contribution in [1.82, 2.24) is 0 Å². The van der Waals surface area contributed by atoms with Crippen molar-refractivity contribution in [3.8, 4) is 0 Å². The molecule has 0 unspecified atom stereocenters. The second-order valence-corrected chi connectivity index (χ2v) is 6.14. The summed E-state index contributed by atoms with van der Waals surface area (Å²) in [5.74, 6) is 0.644. The number of hydrogen-bond donors (Lipinski definition) is 1. The van der Waals surface area contributed by atoms with Gasteiger partial charge in [0.05, 0.1) is 16.8 Å². The van der Waals surface area contributed by atoms with Crippen molar-refractivity contribution in [3.63, 3.8) is 0 Å². The minimum absolute atomic E-state index is 0.165. The highest BCUT2D eigenvalue weighted by molar-refractivity contribution is 6.33. The van der Waals surface area contributed by atoms with Gasteiger partial charge in [0.2, 0.25) is 0 Å². The molecule has 0 bridgehead atoms. The van der Waals surface area contributed by atoms with Crippen LogP contribution in [0.3, 0.4) is 0 Å². The molecule has 1 nitrogen and oxygen atoms in total. The van der Waals surface area contributed by atoms with Gasteiger partial charge in [-0.2, -0.15) is 0 Å². The number of halogens is 2. The first-order valence-electron chi connectivity index (χ1n) is 7.21. The molecule has 3 heteroatoms. The van der Waals surface area contributed by atoms with E-state index in [4.69, 9.17) is 11.6 Å². The van der Waals surface area contributed by atoms with Gasteiger partial charge in [-0.25, -0.2) is 4.39 Å². The van der Waals surface area contributed by atoms with E-state index in [0.29, 0.717) is 11.8 Å². The van der Waals surface area contributed by atoms with Gasteiger partial charge in [-0.3, -0.25) is 0 Å². The molecule has 1 N–H and O–H groups in total. The van der Waals surface area contributed by atoms with Gasteiger partial charge in [0.1, 0.15) is 5.82 Å². The summed E-state index contributed by atoms with van der Waals surface area (Å²) in [7, 11) is 0. The minimum Gasteiger partial charge on any atom is -0.376 e. The van der Waals surface area contributed by atoms with Crippen molar-refractivity contribution < 1.29 is 4.39 Å². The third kappa shape index (κ3) is 2.06. The van der Waals surface area contributed by atoms with E-state index in [-0.39, 0.29) is 11.9 Å². The highest BCUT2D eigenvalue weighted by atomic mass is 35.5. The first-order chi connectivity index (χ1) is 10.2. The standard InChI is InChI=1S/C18H15ClFN/c19-16-6-2-5-15-13-3-1-4-14(13)17(21-18(15)16)11-7-9-12(20)10-8-11/h1-3,5-10,13-14,17,21H,4H2/t13-,14+,17-/m1/s1. The van der Waals surface area contributed by atoms with Gasteiger partial charge in [-0.1, -0.05) is 48.0 Å². The Hall–Kier alpha value is -1.80. The fourth-order valence-electron chi connectivity index (χ4n) is 3.58. The molecule has 0 aromatic heterocycles. The van der Waals surface area contributed by atoms with Crippen LogP contribution in [-0.2, 0) is 0 Å². The SMILES string of the molecule is Fc1ccc([C@H]2Nc3c(Cl)cccc3[C@@H]3C=CC[C@H]23)cc1. The predicted octanol–water partition coefficient (Wildman–Crippen LogP) is 5.31. The number of rotatable bonds is 1. The number of allylic oxidation sites excluding steroid dienone is 2. The summed E-state index contributed by atoms with van der Waals surface area (Å²) in [6.45, 7) is 0. The summed E-state index contributed by atoms with van der Waals surface area (Å²) >= 11 is 6.36. The number of nitrogens with one attached hydrogen (secondary N) is 1. The van der Waals surface area contributed by atoms with Crippen molar-refractivity contribution in [2.75, 3.05) is 5.32 Å². The third-order valence-corrected chi connectivity index (χ3v) is 4.89. The maximum atomic E-state index is 13.2. The highest BCUT2D eigenvalue weighted by Crippen LogP contribution is 2.51. The Balaban J connectivity index is 1.81. The maximum Gasteiger partial charge on any atom is 0.123 e. The molecule has 2 aliphatic rings. The molecule has 2 aromatic carbocycles. The zero-order valence-electron chi connectivity index (χ0n) is 11.4. The van der Waals surface area contributed by atoms with Gasteiger partial charge in [-0.05, 0) is 41.7 Å². The van der Waals surface area contributed by atoms with Gasteiger partial charge >= 0.3 is 0 Å². The lowest BCUT2D eigenvalue weighted by molar-refractivity contribution is 0.425. The van der Waals surface area contributed by atoms with Crippen LogP contribution in [0.5, 0.6) is 0 Å². The van der Waals surface area contributed by atoms with E-state index in [0.717, 1.165) is 22.7 Å². The molecule has 0 saturated heterocycles. The van der Waals surface area contributed by atoms with Gasteiger partial charge in [0.15, 0.2) is 0 Å². The third-order valence-electron chi connectivity index (χ3n) is 4.58. The van der Waals surface area contributed by atoms with Crippen LogP contribution in [0, 0.1) is 11.7 Å². The van der Waals surface area contributed by atoms with Crippen LogP contribution >= 0.6 is 11.6 Å². The summed E-state index contributed by atoms with van der Waals surface area (Å²) < 4.78 is 13.2. The lowest BCUT2D eigenvalue weighted by Crippen LogP contribution is -2.29. The van der Waals surface area contributed by atoms with Crippen molar-refractivity contribution in [2.45, 2.75) is 18.4 Å². The van der Waals surface area contributed by atoms with Crippen LogP contribution in [0.2, 0.25) is 5.02 Å². The van der Waals surface area contributed by atoms with Crippen LogP contribution in [0.1, 0.15) is 29.5 Å². The zero-order valence-corrected chi connectivity index (χ0v) is 12.1. The number of hydrogen-bond acceptors (Lipinski definition) is 1. The van der Waals surface area contributed by atoms with Crippen LogP contribution in [-0.4, -0.2) is 0 Å². The van der Waals surface area contributed by atoms with Crippen LogP contribution in [0.25, 0.3) is 0 Å². The smallest absolute Gasteiger partial charge is 0.123 e. The first kappa shape index (κ1) is 12.9. The monoisotopic (exact) mass is 299 g/mol. The van der Waals surface area contributed by atoms with Gasteiger partial charge in [0, 0.05) is 5.92 Å². The van der Waals surface area contributed by atoms with E-state index in [1.807, 2.05) is 24.3 Å². The highest BCUT2D eigenvalue weighted by Gasteiger charge is 2.38. The van der Waals surface area contributed by atoms with E-state index < -0.39 is 0 Å². The molecule has 4 rings (SSSR count). The normalized spacial score (nSPS) is 26.1. The molecule has 0 spiro atoms. The van der Waals surface area contributed by atoms with Crippen LogP contribution in [0.4, 0.5) is 10.1 Å². The van der Waals surface area contributed by atoms with Crippen LogP contribution < -0.4 is 5.32 Å². The van der Waals surface area contributed by atoms with E-state index in [1.54, 1.807) is 0 Å². The molecule has 21 heavy (non-hydrogen) atoms. The summed E-state index contributed by atoms with van der Waals surface area (Å²) in [4.78, 5) is 0. The molecule has 1 aliphatic heterocycles. The molecule has 2 aromatic rings. The average molecular weight is 300 g/mol. The Morgan fingerprint density at radius 2 is 1.90 bits per heavy atom. The molecule has 0 amide bonds. The second-order valence-electron chi connectivity index (χ2n) is 5.73. The molecule has 3 atom stereocenters. The Kier molecular flexibility index (Phi) is 3.00. The Labute approximate surface area is 128 Å². The average Bonchev–Trinajstić information content (AvgIpc) is 2.98. The van der Waals surface area contributed by atoms with Crippen molar-refractivity contribution in [3.05, 3.63) is 76.6 Å². The molecule has 1 aliphatic carbocycles. The van der Waals surface area contributed by atoms with E-state index in [9.17, 15) is 4.39 Å². The van der Waals surface area contributed by atoms with Gasteiger partial charge in [0.25, 0.3) is 0 Å². The van der Waals surface area contributed by atoms with Crippen molar-refractivity contribution >= 4 is 17.3 Å².